The van der Waals surface area contributed by atoms with Crippen LogP contribution in [0.25, 0.3) is 0 Å². The lowest BCUT2D eigenvalue weighted by molar-refractivity contribution is 0.582. The monoisotopic (exact) mass is 364 g/mol. The first-order valence-electron chi connectivity index (χ1n) is 9.85. The van der Waals surface area contributed by atoms with E-state index in [0.717, 1.165) is 6.54 Å². The van der Waals surface area contributed by atoms with Gasteiger partial charge < -0.3 is 10.2 Å². The molecule has 0 aliphatic rings. The molecule has 0 aliphatic heterocycles. The molecule has 0 atom stereocenters. The molecule has 0 saturated heterocycles. The van der Waals surface area contributed by atoms with Crippen LogP contribution in [-0.2, 0) is 12.0 Å². The molecule has 0 saturated carbocycles. The Morgan fingerprint density at radius 3 is 1.89 bits per heavy atom. The minimum Gasteiger partial charge on any atom is -0.393 e. The Morgan fingerprint density at radius 2 is 1.37 bits per heavy atom. The Bertz CT molecular complexity index is 809. The Balaban J connectivity index is 2.62. The van der Waals surface area contributed by atoms with Gasteiger partial charge in [0.2, 0.25) is 0 Å². The van der Waals surface area contributed by atoms with E-state index in [9.17, 15) is 0 Å². The summed E-state index contributed by atoms with van der Waals surface area (Å²) in [6, 6.07) is 8.82. The smallest absolute Gasteiger partial charge is 0.0479 e. The highest BCUT2D eigenvalue weighted by Crippen LogP contribution is 2.35. The SMILES string of the molecule is CN/C=C\N(Cc1ccccc1C(C)(C)C)c1c(C)c(C)c(C)c(C)c1C. The fraction of sp³-hybridized carbons (Fsp3) is 0.440. The normalized spacial score (nSPS) is 11.9. The maximum absolute atomic E-state index is 3.16. The van der Waals surface area contributed by atoms with Crippen LogP contribution in [0.1, 0.15) is 59.7 Å². The summed E-state index contributed by atoms with van der Waals surface area (Å²) in [5.74, 6) is 0. The predicted molar refractivity (Wildman–Crippen MR) is 120 cm³/mol. The molecule has 0 radical (unpaired) electrons. The Hall–Kier alpha value is -2.22. The van der Waals surface area contributed by atoms with Gasteiger partial charge in [0.05, 0.1) is 0 Å². The summed E-state index contributed by atoms with van der Waals surface area (Å²) < 4.78 is 0. The Kier molecular flexibility index (Phi) is 6.41. The van der Waals surface area contributed by atoms with E-state index >= 15 is 0 Å². The summed E-state index contributed by atoms with van der Waals surface area (Å²) in [5, 5.41) is 3.16. The summed E-state index contributed by atoms with van der Waals surface area (Å²) in [5.41, 5.74) is 11.1. The van der Waals surface area contributed by atoms with Crippen molar-refractivity contribution >= 4 is 5.69 Å². The highest BCUT2D eigenvalue weighted by Gasteiger charge is 2.21. The van der Waals surface area contributed by atoms with E-state index in [2.05, 4.69) is 96.1 Å². The molecule has 1 N–H and O–H groups in total. The summed E-state index contributed by atoms with van der Waals surface area (Å²) >= 11 is 0. The minimum atomic E-state index is 0.123. The van der Waals surface area contributed by atoms with Gasteiger partial charge in [0.1, 0.15) is 0 Å². The lowest BCUT2D eigenvalue weighted by atomic mass is 9.83. The van der Waals surface area contributed by atoms with Gasteiger partial charge in [-0.25, -0.2) is 0 Å². The maximum Gasteiger partial charge on any atom is 0.0479 e. The topological polar surface area (TPSA) is 15.3 Å². The van der Waals surface area contributed by atoms with E-state index < -0.39 is 0 Å². The first kappa shape index (κ1) is 21.1. The van der Waals surface area contributed by atoms with Gasteiger partial charge in [-0.3, -0.25) is 0 Å². The van der Waals surface area contributed by atoms with E-state index in [1.54, 1.807) is 0 Å². The average Bonchev–Trinajstić information content (AvgIpc) is 2.62. The standard InChI is InChI=1S/C25H36N2/c1-17-18(2)20(4)24(21(5)19(17)3)27(15-14-26-9)16-22-12-10-11-13-23(22)25(6,7)8/h10-15,26H,16H2,1-9H3/b15-14-. The molecule has 0 aromatic heterocycles. The molecule has 0 amide bonds. The zero-order valence-corrected chi connectivity index (χ0v) is 18.6. The number of benzene rings is 2. The number of anilines is 1. The van der Waals surface area contributed by atoms with Gasteiger partial charge in [-0.2, -0.15) is 0 Å². The van der Waals surface area contributed by atoms with Crippen molar-refractivity contribution in [2.45, 2.75) is 67.3 Å². The maximum atomic E-state index is 3.16. The molecule has 0 unspecified atom stereocenters. The molecule has 2 heteroatoms. The van der Waals surface area contributed by atoms with Gasteiger partial charge in [0.15, 0.2) is 0 Å². The van der Waals surface area contributed by atoms with Crippen molar-refractivity contribution in [2.24, 2.45) is 0 Å². The van der Waals surface area contributed by atoms with Crippen molar-refractivity contribution in [3.63, 3.8) is 0 Å². The van der Waals surface area contributed by atoms with Gasteiger partial charge in [0.25, 0.3) is 0 Å². The van der Waals surface area contributed by atoms with Gasteiger partial charge in [0, 0.05) is 31.7 Å². The summed E-state index contributed by atoms with van der Waals surface area (Å²) in [4.78, 5) is 2.39. The third-order valence-electron chi connectivity index (χ3n) is 5.83. The van der Waals surface area contributed by atoms with E-state index in [1.807, 2.05) is 13.2 Å². The van der Waals surface area contributed by atoms with E-state index in [-0.39, 0.29) is 5.41 Å². The Labute approximate surface area is 166 Å². The number of nitrogens with zero attached hydrogens (tertiary/aromatic N) is 1. The van der Waals surface area contributed by atoms with Gasteiger partial charge in [-0.05, 0) is 79.0 Å². The summed E-state index contributed by atoms with van der Waals surface area (Å²) in [6.07, 6.45) is 4.19. The van der Waals surface area contributed by atoms with Crippen LogP contribution in [-0.4, -0.2) is 7.05 Å². The van der Waals surface area contributed by atoms with E-state index in [1.165, 1.54) is 44.6 Å². The molecule has 27 heavy (non-hydrogen) atoms. The molecule has 0 heterocycles. The molecule has 0 spiro atoms. The fourth-order valence-electron chi connectivity index (χ4n) is 3.86. The van der Waals surface area contributed by atoms with Crippen LogP contribution >= 0.6 is 0 Å². The molecule has 0 aliphatic carbocycles. The average molecular weight is 365 g/mol. The molecule has 146 valence electrons. The minimum absolute atomic E-state index is 0.123. The highest BCUT2D eigenvalue weighted by atomic mass is 15.1. The van der Waals surface area contributed by atoms with Gasteiger partial charge in [-0.15, -0.1) is 0 Å². The second-order valence-electron chi connectivity index (χ2n) is 8.61. The number of nitrogens with one attached hydrogen (secondary N) is 1. The van der Waals surface area contributed by atoms with Crippen LogP contribution in [0.2, 0.25) is 0 Å². The number of hydrogen-bond donors (Lipinski definition) is 1. The van der Waals surface area contributed by atoms with Crippen LogP contribution in [0, 0.1) is 34.6 Å². The van der Waals surface area contributed by atoms with Crippen LogP contribution < -0.4 is 10.2 Å². The second kappa shape index (κ2) is 8.21. The van der Waals surface area contributed by atoms with E-state index in [4.69, 9.17) is 0 Å². The third kappa shape index (κ3) is 4.37. The molecule has 2 rings (SSSR count). The van der Waals surface area contributed by atoms with E-state index in [0.29, 0.717) is 0 Å². The van der Waals surface area contributed by atoms with Crippen molar-refractivity contribution < 1.29 is 0 Å². The zero-order valence-electron chi connectivity index (χ0n) is 18.6. The molecular formula is C25H36N2. The molecule has 0 bridgehead atoms. The van der Waals surface area contributed by atoms with Crippen molar-refractivity contribution in [3.05, 3.63) is 75.6 Å². The molecule has 2 aromatic rings. The van der Waals surface area contributed by atoms with Crippen molar-refractivity contribution in [2.75, 3.05) is 11.9 Å². The second-order valence-corrected chi connectivity index (χ2v) is 8.61. The lowest BCUT2D eigenvalue weighted by Gasteiger charge is -2.30. The van der Waals surface area contributed by atoms with Gasteiger partial charge in [-0.1, -0.05) is 45.0 Å². The molecule has 2 nitrogen and oxygen atoms in total. The van der Waals surface area contributed by atoms with Crippen LogP contribution in [0.5, 0.6) is 0 Å². The van der Waals surface area contributed by atoms with Crippen LogP contribution in [0.3, 0.4) is 0 Å². The Morgan fingerprint density at radius 1 is 0.852 bits per heavy atom. The fourth-order valence-corrected chi connectivity index (χ4v) is 3.86. The quantitative estimate of drug-likeness (QED) is 0.677. The first-order valence-corrected chi connectivity index (χ1v) is 9.85. The zero-order chi connectivity index (χ0) is 20.4. The predicted octanol–water partition coefficient (Wildman–Crippen LogP) is 6.22. The number of rotatable bonds is 5. The van der Waals surface area contributed by atoms with Crippen molar-refractivity contribution in [3.8, 4) is 0 Å². The third-order valence-corrected chi connectivity index (χ3v) is 5.83. The largest absolute Gasteiger partial charge is 0.393 e. The van der Waals surface area contributed by atoms with Crippen molar-refractivity contribution in [1.82, 2.24) is 5.32 Å². The van der Waals surface area contributed by atoms with Gasteiger partial charge >= 0.3 is 0 Å². The summed E-state index contributed by atoms with van der Waals surface area (Å²) in [7, 11) is 1.95. The molecule has 2 aromatic carbocycles. The van der Waals surface area contributed by atoms with Crippen LogP contribution in [0.15, 0.2) is 36.7 Å². The molecule has 0 fully saturated rings. The van der Waals surface area contributed by atoms with Crippen molar-refractivity contribution in [1.29, 1.82) is 0 Å². The first-order chi connectivity index (χ1) is 12.6. The lowest BCUT2D eigenvalue weighted by Crippen LogP contribution is -2.23. The number of hydrogen-bond acceptors (Lipinski definition) is 2. The van der Waals surface area contributed by atoms with Crippen LogP contribution in [0.4, 0.5) is 5.69 Å². The summed E-state index contributed by atoms with van der Waals surface area (Å²) in [6.45, 7) is 18.9. The highest BCUT2D eigenvalue weighted by molar-refractivity contribution is 5.67. The molecular weight excluding hydrogens is 328 g/mol.